The van der Waals surface area contributed by atoms with Gasteiger partial charge in [0, 0.05) is 26.0 Å². The summed E-state index contributed by atoms with van der Waals surface area (Å²) in [5, 5.41) is 5.90. The molecule has 6 nitrogen and oxygen atoms in total. The SMILES string of the molecule is COc1cccc(C(NC(=O)NCc2ccccc2)c2nccn2C)c1. The number of hydrogen-bond donors (Lipinski definition) is 2. The van der Waals surface area contributed by atoms with Crippen molar-refractivity contribution in [1.82, 2.24) is 20.2 Å². The average Bonchev–Trinajstić information content (AvgIpc) is 3.11. The Labute approximate surface area is 152 Å². The summed E-state index contributed by atoms with van der Waals surface area (Å²) in [6.07, 6.45) is 3.57. The fraction of sp³-hybridized carbons (Fsp3) is 0.200. The van der Waals surface area contributed by atoms with E-state index in [0.717, 1.165) is 22.7 Å². The van der Waals surface area contributed by atoms with Crippen molar-refractivity contribution >= 4 is 6.03 Å². The fourth-order valence-corrected chi connectivity index (χ4v) is 2.73. The number of urea groups is 1. The lowest BCUT2D eigenvalue weighted by Crippen LogP contribution is -2.38. The maximum atomic E-state index is 12.5. The van der Waals surface area contributed by atoms with Gasteiger partial charge in [-0.15, -0.1) is 0 Å². The van der Waals surface area contributed by atoms with E-state index in [1.807, 2.05) is 72.4 Å². The number of carbonyl (C=O) groups is 1. The van der Waals surface area contributed by atoms with E-state index in [-0.39, 0.29) is 12.1 Å². The van der Waals surface area contributed by atoms with Gasteiger partial charge >= 0.3 is 6.03 Å². The zero-order chi connectivity index (χ0) is 18.4. The summed E-state index contributed by atoms with van der Waals surface area (Å²) in [5.41, 5.74) is 1.94. The number of aromatic nitrogens is 2. The standard InChI is InChI=1S/C20H22N4O2/c1-24-12-11-21-19(24)18(16-9-6-10-17(13-16)26-2)23-20(25)22-14-15-7-4-3-5-8-15/h3-13,18H,14H2,1-2H3,(H2,22,23,25). The van der Waals surface area contributed by atoms with Gasteiger partial charge in [-0.2, -0.15) is 0 Å². The number of aryl methyl sites for hydroxylation is 1. The highest BCUT2D eigenvalue weighted by molar-refractivity contribution is 5.74. The summed E-state index contributed by atoms with van der Waals surface area (Å²) in [6, 6.07) is 16.7. The van der Waals surface area contributed by atoms with Crippen molar-refractivity contribution in [2.45, 2.75) is 12.6 Å². The van der Waals surface area contributed by atoms with Crippen molar-refractivity contribution in [3.8, 4) is 5.75 Å². The van der Waals surface area contributed by atoms with Crippen LogP contribution in [0, 0.1) is 0 Å². The van der Waals surface area contributed by atoms with Gasteiger partial charge in [-0.3, -0.25) is 0 Å². The molecule has 0 radical (unpaired) electrons. The van der Waals surface area contributed by atoms with Crippen LogP contribution in [0.5, 0.6) is 5.75 Å². The Morgan fingerprint density at radius 2 is 2.00 bits per heavy atom. The number of nitrogens with one attached hydrogen (secondary N) is 2. The summed E-state index contributed by atoms with van der Waals surface area (Å²) in [4.78, 5) is 16.9. The number of amides is 2. The molecule has 0 aliphatic carbocycles. The zero-order valence-corrected chi connectivity index (χ0v) is 14.8. The number of nitrogens with zero attached hydrogens (tertiary/aromatic N) is 2. The molecule has 1 heterocycles. The highest BCUT2D eigenvalue weighted by atomic mass is 16.5. The highest BCUT2D eigenvalue weighted by Gasteiger charge is 2.21. The lowest BCUT2D eigenvalue weighted by Gasteiger charge is -2.20. The molecule has 0 saturated carbocycles. The summed E-state index contributed by atoms with van der Waals surface area (Å²) in [5.74, 6) is 1.47. The summed E-state index contributed by atoms with van der Waals surface area (Å²) < 4.78 is 7.20. The molecule has 1 aromatic heterocycles. The van der Waals surface area contributed by atoms with Gasteiger partial charge < -0.3 is 19.9 Å². The molecule has 0 aliphatic rings. The van der Waals surface area contributed by atoms with Crippen LogP contribution in [-0.2, 0) is 13.6 Å². The highest BCUT2D eigenvalue weighted by Crippen LogP contribution is 2.24. The van der Waals surface area contributed by atoms with E-state index in [1.165, 1.54) is 0 Å². The molecule has 0 bridgehead atoms. The lowest BCUT2D eigenvalue weighted by molar-refractivity contribution is 0.237. The monoisotopic (exact) mass is 350 g/mol. The number of carbonyl (C=O) groups excluding carboxylic acids is 1. The summed E-state index contributed by atoms with van der Waals surface area (Å²) in [6.45, 7) is 0.456. The Balaban J connectivity index is 1.77. The third-order valence-electron chi connectivity index (χ3n) is 4.12. The van der Waals surface area contributed by atoms with Gasteiger partial charge in [0.15, 0.2) is 0 Å². The molecule has 1 atom stereocenters. The predicted octanol–water partition coefficient (Wildman–Crippen LogP) is 3.02. The maximum Gasteiger partial charge on any atom is 0.315 e. The molecule has 3 aromatic rings. The molecule has 2 amide bonds. The molecule has 0 saturated heterocycles. The van der Waals surface area contributed by atoms with Gasteiger partial charge in [-0.1, -0.05) is 42.5 Å². The fourth-order valence-electron chi connectivity index (χ4n) is 2.73. The lowest BCUT2D eigenvalue weighted by atomic mass is 10.1. The Hall–Kier alpha value is -3.28. The molecule has 2 N–H and O–H groups in total. The molecule has 0 aliphatic heterocycles. The first-order valence-electron chi connectivity index (χ1n) is 8.37. The number of methoxy groups -OCH3 is 1. The van der Waals surface area contributed by atoms with Gasteiger partial charge in [-0.05, 0) is 23.3 Å². The first-order valence-corrected chi connectivity index (χ1v) is 8.37. The van der Waals surface area contributed by atoms with Crippen LogP contribution in [0.15, 0.2) is 67.0 Å². The summed E-state index contributed by atoms with van der Waals surface area (Å²) in [7, 11) is 3.52. The zero-order valence-electron chi connectivity index (χ0n) is 14.8. The van der Waals surface area contributed by atoms with Crippen LogP contribution in [0.1, 0.15) is 23.0 Å². The third-order valence-corrected chi connectivity index (χ3v) is 4.12. The van der Waals surface area contributed by atoms with E-state index < -0.39 is 0 Å². The van der Waals surface area contributed by atoms with Gasteiger partial charge in [0.1, 0.15) is 17.6 Å². The Morgan fingerprint density at radius 1 is 1.19 bits per heavy atom. The number of hydrogen-bond acceptors (Lipinski definition) is 3. The van der Waals surface area contributed by atoms with E-state index in [1.54, 1.807) is 13.3 Å². The predicted molar refractivity (Wildman–Crippen MR) is 99.9 cm³/mol. The van der Waals surface area contributed by atoms with Crippen LogP contribution >= 0.6 is 0 Å². The van der Waals surface area contributed by atoms with E-state index in [2.05, 4.69) is 15.6 Å². The quantitative estimate of drug-likeness (QED) is 0.718. The molecule has 2 aromatic carbocycles. The second-order valence-corrected chi connectivity index (χ2v) is 5.92. The van der Waals surface area contributed by atoms with Crippen LogP contribution in [-0.4, -0.2) is 22.7 Å². The van der Waals surface area contributed by atoms with Crippen molar-refractivity contribution < 1.29 is 9.53 Å². The van der Waals surface area contributed by atoms with Gasteiger partial charge in [0.2, 0.25) is 0 Å². The molecule has 134 valence electrons. The van der Waals surface area contributed by atoms with Gasteiger partial charge in [-0.25, -0.2) is 9.78 Å². The van der Waals surface area contributed by atoms with Crippen LogP contribution in [0.2, 0.25) is 0 Å². The number of imidazole rings is 1. The average molecular weight is 350 g/mol. The Kier molecular flexibility index (Phi) is 5.53. The van der Waals surface area contributed by atoms with Crippen molar-refractivity contribution in [1.29, 1.82) is 0 Å². The number of ether oxygens (including phenoxy) is 1. The minimum absolute atomic E-state index is 0.260. The number of rotatable bonds is 6. The smallest absolute Gasteiger partial charge is 0.315 e. The molecular weight excluding hydrogens is 328 g/mol. The van der Waals surface area contributed by atoms with E-state index in [0.29, 0.717) is 6.54 Å². The Bertz CT molecular complexity index is 861. The Morgan fingerprint density at radius 3 is 2.69 bits per heavy atom. The minimum atomic E-state index is -0.388. The van der Waals surface area contributed by atoms with Crippen LogP contribution < -0.4 is 15.4 Å². The van der Waals surface area contributed by atoms with E-state index in [4.69, 9.17) is 4.74 Å². The van der Waals surface area contributed by atoms with E-state index >= 15 is 0 Å². The summed E-state index contributed by atoms with van der Waals surface area (Å²) >= 11 is 0. The van der Waals surface area contributed by atoms with Crippen molar-refractivity contribution in [2.24, 2.45) is 7.05 Å². The molecular formula is C20H22N4O2. The molecule has 1 unspecified atom stereocenters. The topological polar surface area (TPSA) is 68.2 Å². The molecule has 0 spiro atoms. The third kappa shape index (κ3) is 4.22. The second kappa shape index (κ2) is 8.20. The van der Waals surface area contributed by atoms with Crippen molar-refractivity contribution in [3.05, 3.63) is 83.9 Å². The largest absolute Gasteiger partial charge is 0.497 e. The van der Waals surface area contributed by atoms with Crippen molar-refractivity contribution in [2.75, 3.05) is 7.11 Å². The molecule has 3 rings (SSSR count). The molecule has 0 fully saturated rings. The van der Waals surface area contributed by atoms with Crippen LogP contribution in [0.25, 0.3) is 0 Å². The van der Waals surface area contributed by atoms with Crippen molar-refractivity contribution in [3.63, 3.8) is 0 Å². The van der Waals surface area contributed by atoms with Gasteiger partial charge in [0.25, 0.3) is 0 Å². The normalized spacial score (nSPS) is 11.6. The first kappa shape index (κ1) is 17.5. The van der Waals surface area contributed by atoms with E-state index in [9.17, 15) is 4.79 Å². The minimum Gasteiger partial charge on any atom is -0.497 e. The molecule has 26 heavy (non-hydrogen) atoms. The first-order chi connectivity index (χ1) is 12.7. The molecule has 6 heteroatoms. The van der Waals surface area contributed by atoms with Crippen LogP contribution in [0.4, 0.5) is 4.79 Å². The van der Waals surface area contributed by atoms with Gasteiger partial charge in [0.05, 0.1) is 7.11 Å². The maximum absolute atomic E-state index is 12.5. The second-order valence-electron chi connectivity index (χ2n) is 5.92. The van der Waals surface area contributed by atoms with Crippen LogP contribution in [0.3, 0.4) is 0 Å². The number of benzene rings is 2.